The van der Waals surface area contributed by atoms with Gasteiger partial charge in [-0.25, -0.2) is 4.79 Å². The molecule has 9 heteroatoms. The van der Waals surface area contributed by atoms with E-state index in [0.717, 1.165) is 0 Å². The number of nitrogens with one attached hydrogen (secondary N) is 1. The quantitative estimate of drug-likeness (QED) is 0.596. The van der Waals surface area contributed by atoms with Gasteiger partial charge >= 0.3 is 11.7 Å². The summed E-state index contributed by atoms with van der Waals surface area (Å²) in [5.74, 6) is -0.181. The van der Waals surface area contributed by atoms with Crippen LogP contribution < -0.4 is 11.0 Å². The Morgan fingerprint density at radius 1 is 1.40 bits per heavy atom. The summed E-state index contributed by atoms with van der Waals surface area (Å²) in [7, 11) is 0. The Morgan fingerprint density at radius 2 is 2.12 bits per heavy atom. The third-order valence-corrected chi connectivity index (χ3v) is 3.20. The lowest BCUT2D eigenvalue weighted by Gasteiger charge is -2.21. The molecule has 1 aromatic heterocycles. The summed E-state index contributed by atoms with van der Waals surface area (Å²) in [6, 6.07) is 1.48. The summed E-state index contributed by atoms with van der Waals surface area (Å²) >= 11 is 0. The van der Waals surface area contributed by atoms with E-state index in [1.54, 1.807) is 13.3 Å². The zero-order chi connectivity index (χ0) is 18.6. The van der Waals surface area contributed by atoms with Gasteiger partial charge in [0.15, 0.2) is 6.23 Å². The molecular weight excluding hydrogens is 330 g/mol. The smallest absolute Gasteiger partial charge is 0.351 e. The lowest BCUT2D eigenvalue weighted by atomic mass is 10.2. The third kappa shape index (κ3) is 5.15. The number of carbonyl (C=O) groups is 2. The molecule has 1 aliphatic heterocycles. The Bertz CT molecular complexity index is 729. The van der Waals surface area contributed by atoms with Crippen LogP contribution in [0.3, 0.4) is 0 Å². The van der Waals surface area contributed by atoms with Crippen LogP contribution in [0.1, 0.15) is 27.0 Å². The topological polar surface area (TPSA) is 109 Å². The van der Waals surface area contributed by atoms with Crippen LogP contribution in [0.15, 0.2) is 29.4 Å². The Balaban J connectivity index is 2.21. The van der Waals surface area contributed by atoms with Crippen LogP contribution in [0, 0.1) is 6.42 Å². The predicted octanol–water partition coefficient (Wildman–Crippen LogP) is 0.785. The van der Waals surface area contributed by atoms with Crippen LogP contribution in [0.25, 0.3) is 0 Å². The maximum atomic E-state index is 12.3. The number of anilines is 1. The molecule has 1 amide bonds. The number of nitrogens with zero attached hydrogens (tertiary/aromatic N) is 2. The van der Waals surface area contributed by atoms with Crippen molar-refractivity contribution in [2.24, 2.45) is 0 Å². The molecule has 1 aromatic rings. The molecule has 25 heavy (non-hydrogen) atoms. The average Bonchev–Trinajstić information content (AvgIpc) is 2.86. The molecule has 1 radical (unpaired) electrons. The van der Waals surface area contributed by atoms with Crippen LogP contribution in [0.5, 0.6) is 0 Å². The van der Waals surface area contributed by atoms with E-state index in [1.165, 1.54) is 30.7 Å². The van der Waals surface area contributed by atoms with E-state index in [1.807, 2.05) is 0 Å². The molecule has 0 aromatic carbocycles. The summed E-state index contributed by atoms with van der Waals surface area (Å²) in [5.41, 5.74) is -0.617. The van der Waals surface area contributed by atoms with E-state index in [2.05, 4.69) is 16.9 Å². The molecule has 0 aliphatic carbocycles. The zero-order valence-corrected chi connectivity index (χ0v) is 14.2. The number of ether oxygens (including phenoxy) is 3. The van der Waals surface area contributed by atoms with E-state index in [4.69, 9.17) is 14.2 Å². The minimum Gasteiger partial charge on any atom is -0.491 e. The van der Waals surface area contributed by atoms with Gasteiger partial charge in [0.25, 0.3) is 0 Å². The number of hydrogen-bond acceptors (Lipinski definition) is 7. The molecule has 1 N–H and O–H groups in total. The molecule has 1 saturated heterocycles. The van der Waals surface area contributed by atoms with Crippen LogP contribution in [0.2, 0.25) is 0 Å². The number of esters is 1. The fourth-order valence-corrected chi connectivity index (χ4v) is 2.31. The molecule has 135 valence electrons. The van der Waals surface area contributed by atoms with Gasteiger partial charge in [0.1, 0.15) is 24.6 Å². The largest absolute Gasteiger partial charge is 0.491 e. The van der Waals surface area contributed by atoms with Crippen LogP contribution in [-0.2, 0) is 23.8 Å². The van der Waals surface area contributed by atoms with Gasteiger partial charge in [-0.15, -0.1) is 0 Å². The Hall–Kier alpha value is -2.68. The van der Waals surface area contributed by atoms with Gasteiger partial charge in [-0.1, -0.05) is 6.58 Å². The summed E-state index contributed by atoms with van der Waals surface area (Å²) in [4.78, 5) is 38.0. The molecule has 0 bridgehead atoms. The highest BCUT2D eigenvalue weighted by Crippen LogP contribution is 2.31. The lowest BCUT2D eigenvalue weighted by molar-refractivity contribution is -0.145. The first kappa shape index (κ1) is 18.7. The molecule has 2 heterocycles. The highest BCUT2D eigenvalue weighted by atomic mass is 16.6. The summed E-state index contributed by atoms with van der Waals surface area (Å²) in [5, 5.41) is 2.43. The van der Waals surface area contributed by atoms with Crippen LogP contribution >= 0.6 is 0 Å². The third-order valence-electron chi connectivity index (χ3n) is 3.20. The summed E-state index contributed by atoms with van der Waals surface area (Å²) in [6.45, 7) is 7.97. The van der Waals surface area contributed by atoms with Crippen molar-refractivity contribution >= 4 is 17.7 Å². The second-order valence-corrected chi connectivity index (χ2v) is 5.53. The van der Waals surface area contributed by atoms with Gasteiger partial charge in [0, 0.05) is 26.5 Å². The summed E-state index contributed by atoms with van der Waals surface area (Å²) < 4.78 is 17.5. The van der Waals surface area contributed by atoms with E-state index < -0.39 is 30.1 Å². The average molecular weight is 350 g/mol. The minimum atomic E-state index is -0.802. The normalized spacial score (nSPS) is 22.3. The van der Waals surface area contributed by atoms with Crippen LogP contribution in [0.4, 0.5) is 5.82 Å². The van der Waals surface area contributed by atoms with Gasteiger partial charge in [-0.3, -0.25) is 14.2 Å². The molecule has 1 aliphatic rings. The first-order chi connectivity index (χ1) is 11.8. The van der Waals surface area contributed by atoms with E-state index in [9.17, 15) is 14.4 Å². The minimum absolute atomic E-state index is 0.00797. The fourth-order valence-electron chi connectivity index (χ4n) is 2.31. The number of carbonyl (C=O) groups excluding carboxylic acids is 2. The van der Waals surface area contributed by atoms with E-state index in [-0.39, 0.29) is 18.3 Å². The molecule has 0 saturated carbocycles. The van der Waals surface area contributed by atoms with Gasteiger partial charge in [0.2, 0.25) is 5.91 Å². The SMILES string of the molecule is C=C(C)O[C@@H]1[CH][C@H](COC(C)=O)O[C@H]1n1ccc(NC(C)=O)nc1=O. The number of aromatic nitrogens is 2. The van der Waals surface area contributed by atoms with Crippen molar-refractivity contribution in [2.45, 2.75) is 39.2 Å². The Labute approximate surface area is 144 Å². The fraction of sp³-hybridized carbons (Fsp3) is 0.438. The standard InChI is InChI=1S/C16H20N3O6/c1-9(2)24-13-7-12(8-23-11(4)21)25-15(13)19-6-5-14(17-10(3)20)18-16(19)22/h5-7,12-13,15H,1,8H2,2-4H3,(H,17,18,20,22)/t12-,13-,15-/m1/s1. The molecular formula is C16H20N3O6. The maximum Gasteiger partial charge on any atom is 0.351 e. The second-order valence-electron chi connectivity index (χ2n) is 5.53. The van der Waals surface area contributed by atoms with Gasteiger partial charge < -0.3 is 19.5 Å². The highest BCUT2D eigenvalue weighted by molar-refractivity contribution is 5.87. The molecule has 1 fully saturated rings. The predicted molar refractivity (Wildman–Crippen MR) is 87.3 cm³/mol. The van der Waals surface area contributed by atoms with Crippen molar-refractivity contribution in [1.29, 1.82) is 0 Å². The van der Waals surface area contributed by atoms with Crippen molar-refractivity contribution in [3.8, 4) is 0 Å². The van der Waals surface area contributed by atoms with Crippen molar-refractivity contribution in [3.05, 3.63) is 41.5 Å². The molecule has 9 nitrogen and oxygen atoms in total. The molecule has 2 rings (SSSR count). The number of allylic oxidation sites excluding steroid dienone is 1. The molecule has 0 unspecified atom stereocenters. The number of rotatable bonds is 6. The monoisotopic (exact) mass is 350 g/mol. The number of hydrogen-bond donors (Lipinski definition) is 1. The van der Waals surface area contributed by atoms with Crippen molar-refractivity contribution in [1.82, 2.24) is 9.55 Å². The first-order valence-electron chi connectivity index (χ1n) is 7.59. The highest BCUT2D eigenvalue weighted by Gasteiger charge is 2.39. The molecule has 3 atom stereocenters. The lowest BCUT2D eigenvalue weighted by Crippen LogP contribution is -2.33. The zero-order valence-electron chi connectivity index (χ0n) is 14.2. The van der Waals surface area contributed by atoms with Crippen molar-refractivity contribution in [3.63, 3.8) is 0 Å². The van der Waals surface area contributed by atoms with Gasteiger partial charge in [-0.05, 0) is 13.0 Å². The Morgan fingerprint density at radius 3 is 2.68 bits per heavy atom. The van der Waals surface area contributed by atoms with E-state index in [0.29, 0.717) is 5.76 Å². The molecule has 0 spiro atoms. The van der Waals surface area contributed by atoms with E-state index >= 15 is 0 Å². The summed E-state index contributed by atoms with van der Waals surface area (Å²) in [6.07, 6.45) is 1.19. The van der Waals surface area contributed by atoms with Gasteiger partial charge in [0.05, 0.1) is 5.76 Å². The second kappa shape index (κ2) is 7.93. The van der Waals surface area contributed by atoms with Gasteiger partial charge in [-0.2, -0.15) is 4.98 Å². The number of amides is 1. The van der Waals surface area contributed by atoms with Crippen LogP contribution in [-0.4, -0.2) is 40.2 Å². The Kier molecular flexibility index (Phi) is 5.92. The van der Waals surface area contributed by atoms with Crippen molar-refractivity contribution < 1.29 is 23.8 Å². The van der Waals surface area contributed by atoms with Crippen molar-refractivity contribution in [2.75, 3.05) is 11.9 Å². The first-order valence-corrected chi connectivity index (χ1v) is 7.59. The maximum absolute atomic E-state index is 12.3.